The second kappa shape index (κ2) is 2.43. The van der Waals surface area contributed by atoms with E-state index in [-0.39, 0.29) is 0 Å². The van der Waals surface area contributed by atoms with Gasteiger partial charge in [0.05, 0.1) is 0 Å². The minimum Gasteiger partial charge on any atom is -0.351 e. The highest BCUT2D eigenvalue weighted by Gasteiger charge is 1.95. The fourth-order valence-corrected chi connectivity index (χ4v) is 0.707. The summed E-state index contributed by atoms with van der Waals surface area (Å²) in [7, 11) is 0. The number of hydrogen-bond donors (Lipinski definition) is 3. The van der Waals surface area contributed by atoms with Gasteiger partial charge in [0.1, 0.15) is 5.82 Å². The van der Waals surface area contributed by atoms with E-state index in [0.29, 0.717) is 5.82 Å². The molecule has 0 aliphatic heterocycles. The number of carbonyl (C=O) groups is 1. The molecule has 2 amide bonds. The van der Waals surface area contributed by atoms with Gasteiger partial charge in [-0.2, -0.15) is 0 Å². The third kappa shape index (κ3) is 1.51. The van der Waals surface area contributed by atoms with Gasteiger partial charge in [0.25, 0.3) is 0 Å². The molecule has 1 aromatic rings. The molecule has 0 aliphatic rings. The van der Waals surface area contributed by atoms with Gasteiger partial charge in [-0.25, -0.2) is 4.79 Å². The Balaban J connectivity index is 2.67. The van der Waals surface area contributed by atoms with Crippen LogP contribution in [-0.4, -0.2) is 11.0 Å². The van der Waals surface area contributed by atoms with Gasteiger partial charge >= 0.3 is 6.03 Å². The van der Waals surface area contributed by atoms with Crippen LogP contribution < -0.4 is 11.1 Å². The molecule has 4 N–H and O–H groups in total. The molecule has 1 rings (SSSR count). The highest BCUT2D eigenvalue weighted by atomic mass is 16.2. The first-order chi connectivity index (χ1) is 4.68. The molecule has 10 heavy (non-hydrogen) atoms. The first-order valence-electron chi connectivity index (χ1n) is 2.90. The Labute approximate surface area is 58.4 Å². The van der Waals surface area contributed by atoms with Gasteiger partial charge in [0, 0.05) is 6.20 Å². The highest BCUT2D eigenvalue weighted by Crippen LogP contribution is 2.05. The summed E-state index contributed by atoms with van der Waals surface area (Å²) in [6.07, 6.45) is 1.78. The van der Waals surface area contributed by atoms with Crippen LogP contribution in [0.1, 0.15) is 5.56 Å². The molecule has 0 spiro atoms. The van der Waals surface area contributed by atoms with Crippen molar-refractivity contribution < 1.29 is 4.79 Å². The number of aromatic amines is 1. The summed E-state index contributed by atoms with van der Waals surface area (Å²) in [5.74, 6) is 0.630. The molecule has 0 fully saturated rings. The van der Waals surface area contributed by atoms with Gasteiger partial charge in [-0.05, 0) is 18.6 Å². The summed E-state index contributed by atoms with van der Waals surface area (Å²) in [4.78, 5) is 13.1. The Morgan fingerprint density at radius 3 is 2.90 bits per heavy atom. The van der Waals surface area contributed by atoms with Gasteiger partial charge in [-0.15, -0.1) is 0 Å². The number of anilines is 1. The fourth-order valence-electron chi connectivity index (χ4n) is 0.707. The summed E-state index contributed by atoms with van der Waals surface area (Å²) in [5.41, 5.74) is 5.92. The van der Waals surface area contributed by atoms with E-state index in [4.69, 9.17) is 5.73 Å². The first kappa shape index (κ1) is 6.67. The molecule has 0 radical (unpaired) electrons. The standard InChI is InChI=1S/C6H9N3O/c1-4-2-5(8-3-4)9-6(7)10/h2-3,8H,1H3,(H3,7,9,10). The van der Waals surface area contributed by atoms with Crippen LogP contribution in [0.2, 0.25) is 0 Å². The van der Waals surface area contributed by atoms with Crippen molar-refractivity contribution in [2.45, 2.75) is 6.92 Å². The second-order valence-corrected chi connectivity index (χ2v) is 2.08. The van der Waals surface area contributed by atoms with Crippen molar-refractivity contribution in [1.82, 2.24) is 4.98 Å². The topological polar surface area (TPSA) is 70.9 Å². The molecule has 0 saturated carbocycles. The number of hydrogen-bond acceptors (Lipinski definition) is 1. The minimum absolute atomic E-state index is 0.554. The fraction of sp³-hybridized carbons (Fsp3) is 0.167. The Morgan fingerprint density at radius 1 is 1.80 bits per heavy atom. The van der Waals surface area contributed by atoms with E-state index in [1.165, 1.54) is 0 Å². The maximum absolute atomic E-state index is 10.3. The van der Waals surface area contributed by atoms with Gasteiger partial charge in [-0.1, -0.05) is 0 Å². The van der Waals surface area contributed by atoms with E-state index in [9.17, 15) is 4.79 Å². The summed E-state index contributed by atoms with van der Waals surface area (Å²) >= 11 is 0. The molecule has 1 aromatic heterocycles. The zero-order valence-corrected chi connectivity index (χ0v) is 5.64. The number of rotatable bonds is 1. The maximum Gasteiger partial charge on any atom is 0.317 e. The quantitative estimate of drug-likeness (QED) is 0.529. The normalized spacial score (nSPS) is 9.30. The second-order valence-electron chi connectivity index (χ2n) is 2.08. The molecule has 4 nitrogen and oxygen atoms in total. The number of nitrogens with two attached hydrogens (primary N) is 1. The lowest BCUT2D eigenvalue weighted by Crippen LogP contribution is -2.19. The van der Waals surface area contributed by atoms with Crippen LogP contribution in [0.4, 0.5) is 10.6 Å². The Kier molecular flexibility index (Phi) is 1.62. The molecule has 54 valence electrons. The van der Waals surface area contributed by atoms with Gasteiger partial charge in [-0.3, -0.25) is 5.32 Å². The zero-order valence-electron chi connectivity index (χ0n) is 5.64. The Morgan fingerprint density at radius 2 is 2.50 bits per heavy atom. The van der Waals surface area contributed by atoms with Gasteiger partial charge < -0.3 is 10.7 Å². The van der Waals surface area contributed by atoms with E-state index in [2.05, 4.69) is 10.3 Å². The molecule has 0 saturated heterocycles. The lowest BCUT2D eigenvalue weighted by Gasteiger charge is -1.93. The number of aromatic nitrogens is 1. The largest absolute Gasteiger partial charge is 0.351 e. The molecular weight excluding hydrogens is 130 g/mol. The molecule has 0 atom stereocenters. The zero-order chi connectivity index (χ0) is 7.56. The third-order valence-corrected chi connectivity index (χ3v) is 1.09. The van der Waals surface area contributed by atoms with Gasteiger partial charge in [0.2, 0.25) is 0 Å². The number of amides is 2. The molecule has 0 unspecified atom stereocenters. The molecule has 0 bridgehead atoms. The molecular formula is C6H9N3O. The van der Waals surface area contributed by atoms with Crippen molar-refractivity contribution in [2.75, 3.05) is 5.32 Å². The number of primary amides is 1. The Bertz CT molecular complexity index is 241. The van der Waals surface area contributed by atoms with Crippen LogP contribution in [0, 0.1) is 6.92 Å². The van der Waals surface area contributed by atoms with Crippen molar-refractivity contribution >= 4 is 11.8 Å². The van der Waals surface area contributed by atoms with Crippen LogP contribution in [-0.2, 0) is 0 Å². The summed E-state index contributed by atoms with van der Waals surface area (Å²) in [5, 5.41) is 2.41. The summed E-state index contributed by atoms with van der Waals surface area (Å²) in [6, 6.07) is 1.24. The smallest absolute Gasteiger partial charge is 0.317 e. The van der Waals surface area contributed by atoms with Crippen LogP contribution in [0.25, 0.3) is 0 Å². The number of nitrogens with one attached hydrogen (secondary N) is 2. The number of H-pyrrole nitrogens is 1. The van der Waals surface area contributed by atoms with Crippen molar-refractivity contribution in [3.05, 3.63) is 17.8 Å². The molecule has 4 heteroatoms. The SMILES string of the molecule is Cc1c[nH]c(NC(N)=O)c1. The lowest BCUT2D eigenvalue weighted by atomic mass is 10.4. The molecule has 0 aromatic carbocycles. The maximum atomic E-state index is 10.3. The van der Waals surface area contributed by atoms with E-state index in [1.807, 2.05) is 6.92 Å². The van der Waals surface area contributed by atoms with Crippen LogP contribution in [0.5, 0.6) is 0 Å². The minimum atomic E-state index is -0.554. The van der Waals surface area contributed by atoms with Crippen LogP contribution >= 0.6 is 0 Å². The summed E-state index contributed by atoms with van der Waals surface area (Å²) in [6.45, 7) is 1.92. The van der Waals surface area contributed by atoms with Crippen molar-refractivity contribution in [3.63, 3.8) is 0 Å². The average Bonchev–Trinajstić information content (AvgIpc) is 2.13. The number of urea groups is 1. The van der Waals surface area contributed by atoms with Crippen LogP contribution in [0.15, 0.2) is 12.3 Å². The van der Waals surface area contributed by atoms with Crippen molar-refractivity contribution in [1.29, 1.82) is 0 Å². The van der Waals surface area contributed by atoms with E-state index in [0.717, 1.165) is 5.56 Å². The predicted molar refractivity (Wildman–Crippen MR) is 38.7 cm³/mol. The first-order valence-corrected chi connectivity index (χ1v) is 2.90. The lowest BCUT2D eigenvalue weighted by molar-refractivity contribution is 0.259. The van der Waals surface area contributed by atoms with E-state index in [1.54, 1.807) is 12.3 Å². The predicted octanol–water partition coefficient (Wildman–Crippen LogP) is 0.814. The summed E-state index contributed by atoms with van der Waals surface area (Å²) < 4.78 is 0. The van der Waals surface area contributed by atoms with E-state index < -0.39 is 6.03 Å². The van der Waals surface area contributed by atoms with Crippen LogP contribution in [0.3, 0.4) is 0 Å². The van der Waals surface area contributed by atoms with Crippen molar-refractivity contribution in [2.24, 2.45) is 5.73 Å². The number of aryl methyl sites for hydroxylation is 1. The monoisotopic (exact) mass is 139 g/mol. The average molecular weight is 139 g/mol. The Hall–Kier alpha value is -1.45. The van der Waals surface area contributed by atoms with Gasteiger partial charge in [0.15, 0.2) is 0 Å². The van der Waals surface area contributed by atoms with Crippen molar-refractivity contribution in [3.8, 4) is 0 Å². The molecule has 1 heterocycles. The third-order valence-electron chi connectivity index (χ3n) is 1.09. The number of carbonyl (C=O) groups excluding carboxylic acids is 1. The molecule has 0 aliphatic carbocycles. The van der Waals surface area contributed by atoms with E-state index >= 15 is 0 Å². The highest BCUT2D eigenvalue weighted by molar-refractivity contribution is 5.86.